The number of ether oxygens (including phenoxy) is 3. The second-order valence-corrected chi connectivity index (χ2v) is 7.80. The Morgan fingerprint density at radius 1 is 1.11 bits per heavy atom. The number of rotatable bonds is 6. The zero-order valence-corrected chi connectivity index (χ0v) is 17.9. The molecule has 0 saturated heterocycles. The van der Waals surface area contributed by atoms with Gasteiger partial charge in [0.1, 0.15) is 0 Å². The first kappa shape index (κ1) is 23.6. The van der Waals surface area contributed by atoms with Gasteiger partial charge in [0.25, 0.3) is 5.91 Å². The molecule has 0 fully saturated rings. The van der Waals surface area contributed by atoms with Crippen molar-refractivity contribution in [3.05, 3.63) is 22.7 Å². The van der Waals surface area contributed by atoms with Crippen LogP contribution in [0.25, 0.3) is 0 Å². The van der Waals surface area contributed by atoms with Crippen molar-refractivity contribution in [2.24, 2.45) is 0 Å². The zero-order chi connectivity index (χ0) is 21.6. The molecule has 0 aliphatic heterocycles. The van der Waals surface area contributed by atoms with E-state index in [0.717, 1.165) is 0 Å². The molecule has 9 heteroatoms. The van der Waals surface area contributed by atoms with Gasteiger partial charge in [-0.15, -0.1) is 0 Å². The number of benzene rings is 1. The smallest absolute Gasteiger partial charge is 0.339 e. The van der Waals surface area contributed by atoms with Crippen LogP contribution in [0.4, 0.5) is 4.79 Å². The summed E-state index contributed by atoms with van der Waals surface area (Å²) in [4.78, 5) is 36.2. The first-order valence-electron chi connectivity index (χ1n) is 8.72. The molecule has 0 aromatic heterocycles. The van der Waals surface area contributed by atoms with Crippen molar-refractivity contribution >= 4 is 29.5 Å². The molecular formula is C19H27ClN2O6. The van der Waals surface area contributed by atoms with Crippen LogP contribution in [0.5, 0.6) is 11.5 Å². The number of carbonyl (C=O) groups is 3. The lowest BCUT2D eigenvalue weighted by Gasteiger charge is -2.21. The van der Waals surface area contributed by atoms with E-state index in [1.54, 1.807) is 20.8 Å². The van der Waals surface area contributed by atoms with Crippen molar-refractivity contribution in [2.45, 2.75) is 59.3 Å². The summed E-state index contributed by atoms with van der Waals surface area (Å²) in [5.74, 6) is -0.988. The second-order valence-electron chi connectivity index (χ2n) is 7.40. The van der Waals surface area contributed by atoms with E-state index in [9.17, 15) is 14.4 Å². The van der Waals surface area contributed by atoms with Gasteiger partial charge in [0.2, 0.25) is 0 Å². The van der Waals surface area contributed by atoms with Gasteiger partial charge in [0.15, 0.2) is 17.6 Å². The van der Waals surface area contributed by atoms with E-state index in [1.165, 1.54) is 26.2 Å². The van der Waals surface area contributed by atoms with Crippen molar-refractivity contribution in [3.63, 3.8) is 0 Å². The molecule has 1 atom stereocenters. The number of esters is 1. The van der Waals surface area contributed by atoms with Crippen LogP contribution in [0.3, 0.4) is 0 Å². The molecule has 0 radical (unpaired) electrons. The molecule has 0 aliphatic carbocycles. The van der Waals surface area contributed by atoms with Crippen LogP contribution >= 0.6 is 11.6 Å². The molecule has 8 nitrogen and oxygen atoms in total. The SMILES string of the molecule is COc1cc(C(=O)O[C@H](C)C(=O)NC(=O)NC(C)(C)C)cc(Cl)c1OC(C)C. The summed E-state index contributed by atoms with van der Waals surface area (Å²) in [5, 5.41) is 4.86. The summed E-state index contributed by atoms with van der Waals surface area (Å²) >= 11 is 6.19. The standard InChI is InChI=1S/C19H27ClN2O6/c1-10(2)27-15-13(20)8-12(9-14(15)26-7)17(24)28-11(3)16(23)21-18(25)22-19(4,5)6/h8-11H,1-7H3,(H2,21,22,23,25)/t11-/m1/s1. The van der Waals surface area contributed by atoms with Gasteiger partial charge in [-0.3, -0.25) is 10.1 Å². The molecule has 2 N–H and O–H groups in total. The summed E-state index contributed by atoms with van der Waals surface area (Å²) in [6, 6.07) is 2.09. The third-order valence-corrected chi connectivity index (χ3v) is 3.48. The zero-order valence-electron chi connectivity index (χ0n) is 17.1. The fraction of sp³-hybridized carbons (Fsp3) is 0.526. The predicted octanol–water partition coefficient (Wildman–Crippen LogP) is 3.31. The van der Waals surface area contributed by atoms with Crippen molar-refractivity contribution in [3.8, 4) is 11.5 Å². The topological polar surface area (TPSA) is 103 Å². The van der Waals surface area contributed by atoms with E-state index in [1.807, 2.05) is 13.8 Å². The summed E-state index contributed by atoms with van der Waals surface area (Å²) in [6.45, 7) is 10.3. The molecule has 28 heavy (non-hydrogen) atoms. The first-order valence-corrected chi connectivity index (χ1v) is 9.10. The maximum Gasteiger partial charge on any atom is 0.339 e. The molecule has 156 valence electrons. The lowest BCUT2D eigenvalue weighted by Crippen LogP contribution is -2.50. The third-order valence-electron chi connectivity index (χ3n) is 3.20. The van der Waals surface area contributed by atoms with Gasteiger partial charge in [-0.2, -0.15) is 0 Å². The van der Waals surface area contributed by atoms with Crippen LogP contribution in [0.15, 0.2) is 12.1 Å². The number of halogens is 1. The molecule has 1 aromatic carbocycles. The molecule has 1 aromatic rings. The van der Waals surface area contributed by atoms with E-state index in [2.05, 4.69) is 10.6 Å². The minimum absolute atomic E-state index is 0.0803. The minimum atomic E-state index is -1.20. The highest BCUT2D eigenvalue weighted by molar-refractivity contribution is 6.32. The number of urea groups is 1. The molecule has 0 unspecified atom stereocenters. The fourth-order valence-electron chi connectivity index (χ4n) is 2.06. The van der Waals surface area contributed by atoms with E-state index in [0.29, 0.717) is 5.75 Å². The van der Waals surface area contributed by atoms with Crippen molar-refractivity contribution < 1.29 is 28.6 Å². The van der Waals surface area contributed by atoms with E-state index < -0.39 is 29.6 Å². The Kier molecular flexibility index (Phi) is 8.11. The van der Waals surface area contributed by atoms with Gasteiger partial charge < -0.3 is 19.5 Å². The van der Waals surface area contributed by atoms with Crippen LogP contribution in [0, 0.1) is 0 Å². The van der Waals surface area contributed by atoms with Crippen LogP contribution in [-0.4, -0.2) is 42.8 Å². The Bertz CT molecular complexity index is 743. The number of imide groups is 1. The predicted molar refractivity (Wildman–Crippen MR) is 105 cm³/mol. The normalized spacial score (nSPS) is 12.2. The average Bonchev–Trinajstić information content (AvgIpc) is 2.53. The highest BCUT2D eigenvalue weighted by atomic mass is 35.5. The molecule has 1 rings (SSSR count). The van der Waals surface area contributed by atoms with Gasteiger partial charge in [-0.05, 0) is 53.7 Å². The largest absolute Gasteiger partial charge is 0.493 e. The number of hydrogen-bond donors (Lipinski definition) is 2. The Hall–Kier alpha value is -2.48. The van der Waals surface area contributed by atoms with E-state index in [4.69, 9.17) is 25.8 Å². The summed E-state index contributed by atoms with van der Waals surface area (Å²) in [6.07, 6.45) is -1.35. The lowest BCUT2D eigenvalue weighted by molar-refractivity contribution is -0.127. The van der Waals surface area contributed by atoms with Gasteiger partial charge >= 0.3 is 12.0 Å². The summed E-state index contributed by atoms with van der Waals surface area (Å²) < 4.78 is 15.9. The third kappa shape index (κ3) is 7.26. The fourth-order valence-corrected chi connectivity index (χ4v) is 2.31. The lowest BCUT2D eigenvalue weighted by atomic mass is 10.1. The Labute approximate surface area is 169 Å². The van der Waals surface area contributed by atoms with Crippen molar-refractivity contribution in [1.29, 1.82) is 0 Å². The highest BCUT2D eigenvalue weighted by Gasteiger charge is 2.24. The first-order chi connectivity index (χ1) is 12.8. The molecular weight excluding hydrogens is 388 g/mol. The molecule has 0 spiro atoms. The number of hydrogen-bond acceptors (Lipinski definition) is 6. The quantitative estimate of drug-likeness (QED) is 0.692. The van der Waals surface area contributed by atoms with Gasteiger partial charge in [0.05, 0.1) is 23.8 Å². The number of methoxy groups -OCH3 is 1. The maximum atomic E-state index is 12.4. The number of nitrogens with one attached hydrogen (secondary N) is 2. The van der Waals surface area contributed by atoms with Crippen molar-refractivity contribution in [1.82, 2.24) is 10.6 Å². The Morgan fingerprint density at radius 3 is 2.21 bits per heavy atom. The molecule has 3 amide bonds. The molecule has 0 bridgehead atoms. The minimum Gasteiger partial charge on any atom is -0.493 e. The van der Waals surface area contributed by atoms with Gasteiger partial charge in [-0.25, -0.2) is 9.59 Å². The van der Waals surface area contributed by atoms with Crippen LogP contribution in [-0.2, 0) is 9.53 Å². The molecule has 0 aliphatic rings. The van der Waals surface area contributed by atoms with Crippen molar-refractivity contribution in [2.75, 3.05) is 7.11 Å². The average molecular weight is 415 g/mol. The number of amides is 3. The van der Waals surface area contributed by atoms with Crippen LogP contribution < -0.4 is 20.1 Å². The van der Waals surface area contributed by atoms with Gasteiger partial charge in [0, 0.05) is 5.54 Å². The van der Waals surface area contributed by atoms with E-state index in [-0.39, 0.29) is 22.4 Å². The van der Waals surface area contributed by atoms with Crippen LogP contribution in [0.2, 0.25) is 5.02 Å². The van der Waals surface area contributed by atoms with Gasteiger partial charge in [-0.1, -0.05) is 11.6 Å². The second kappa shape index (κ2) is 9.64. The van der Waals surface area contributed by atoms with E-state index >= 15 is 0 Å². The number of carbonyl (C=O) groups excluding carboxylic acids is 3. The highest BCUT2D eigenvalue weighted by Crippen LogP contribution is 2.37. The summed E-state index contributed by atoms with van der Waals surface area (Å²) in [7, 11) is 1.41. The summed E-state index contributed by atoms with van der Waals surface area (Å²) in [5.41, 5.74) is -0.436. The molecule has 0 saturated carbocycles. The maximum absolute atomic E-state index is 12.4. The monoisotopic (exact) mass is 414 g/mol. The Balaban J connectivity index is 2.85. The molecule has 0 heterocycles. The Morgan fingerprint density at radius 2 is 1.71 bits per heavy atom. The van der Waals surface area contributed by atoms with Crippen LogP contribution in [0.1, 0.15) is 51.9 Å².